The van der Waals surface area contributed by atoms with Crippen LogP contribution in [0.1, 0.15) is 11.3 Å². The molecule has 8 nitrogen and oxygen atoms in total. The quantitative estimate of drug-likeness (QED) is 0.696. The first-order valence-electron chi connectivity index (χ1n) is 8.83. The molecule has 0 bridgehead atoms. The Labute approximate surface area is 160 Å². The molecule has 3 aromatic rings. The molecule has 4 rings (SSSR count). The summed E-state index contributed by atoms with van der Waals surface area (Å²) in [6, 6.07) is 10.3. The Bertz CT molecular complexity index is 1050. The molecule has 2 N–H and O–H groups in total. The monoisotopic (exact) mass is 378 g/mol. The van der Waals surface area contributed by atoms with E-state index in [2.05, 4.69) is 20.3 Å². The smallest absolute Gasteiger partial charge is 0.251 e. The molecule has 1 aliphatic rings. The summed E-state index contributed by atoms with van der Waals surface area (Å²) in [5.41, 5.74) is 1.76. The van der Waals surface area contributed by atoms with Crippen molar-refractivity contribution in [3.8, 4) is 22.9 Å². The Morgan fingerprint density at radius 2 is 1.86 bits per heavy atom. The third-order valence-electron chi connectivity index (χ3n) is 4.19. The Morgan fingerprint density at radius 3 is 2.68 bits per heavy atom. The number of benzene rings is 1. The van der Waals surface area contributed by atoms with E-state index in [0.717, 1.165) is 11.1 Å². The van der Waals surface area contributed by atoms with Crippen LogP contribution in [0.25, 0.3) is 11.4 Å². The Morgan fingerprint density at radius 1 is 1.07 bits per heavy atom. The highest BCUT2D eigenvalue weighted by Gasteiger charge is 2.13. The number of carbonyl (C=O) groups excluding carboxylic acids is 1. The van der Waals surface area contributed by atoms with Gasteiger partial charge >= 0.3 is 0 Å². The number of pyridine rings is 1. The van der Waals surface area contributed by atoms with Crippen molar-refractivity contribution in [1.29, 1.82) is 0 Å². The summed E-state index contributed by atoms with van der Waals surface area (Å²) < 4.78 is 11.0. The average Bonchev–Trinajstić information content (AvgIpc) is 2.72. The number of hydrogen-bond donors (Lipinski definition) is 2. The molecule has 0 spiro atoms. The van der Waals surface area contributed by atoms with Crippen LogP contribution < -0.4 is 20.3 Å². The maximum Gasteiger partial charge on any atom is 0.251 e. The van der Waals surface area contributed by atoms with E-state index in [0.29, 0.717) is 36.2 Å². The number of H-pyrrole nitrogens is 1. The molecular weight excluding hydrogens is 360 g/mol. The van der Waals surface area contributed by atoms with Crippen molar-refractivity contribution in [1.82, 2.24) is 20.3 Å². The number of hydrogen-bond acceptors (Lipinski definition) is 6. The van der Waals surface area contributed by atoms with Gasteiger partial charge in [0.05, 0.1) is 18.7 Å². The van der Waals surface area contributed by atoms with Crippen LogP contribution in [0.5, 0.6) is 11.5 Å². The van der Waals surface area contributed by atoms with Gasteiger partial charge in [0.2, 0.25) is 5.91 Å². The molecule has 0 aliphatic carbocycles. The predicted molar refractivity (Wildman–Crippen MR) is 101 cm³/mol. The minimum Gasteiger partial charge on any atom is -0.486 e. The number of carbonyl (C=O) groups is 1. The number of aromatic amines is 1. The molecule has 0 radical (unpaired) electrons. The third-order valence-corrected chi connectivity index (χ3v) is 4.19. The van der Waals surface area contributed by atoms with Gasteiger partial charge in [0.25, 0.3) is 5.56 Å². The maximum absolute atomic E-state index is 12.3. The summed E-state index contributed by atoms with van der Waals surface area (Å²) in [5.74, 6) is 1.59. The number of amides is 1. The molecule has 3 heterocycles. The number of ether oxygens (including phenoxy) is 2. The first-order valence-corrected chi connectivity index (χ1v) is 8.83. The molecule has 28 heavy (non-hydrogen) atoms. The summed E-state index contributed by atoms with van der Waals surface area (Å²) in [6.45, 7) is 1.18. The molecule has 0 atom stereocenters. The molecule has 1 amide bonds. The number of fused-ring (bicyclic) bond motifs is 1. The van der Waals surface area contributed by atoms with Crippen LogP contribution in [0.15, 0.2) is 53.6 Å². The Kier molecular flexibility index (Phi) is 5.01. The van der Waals surface area contributed by atoms with Gasteiger partial charge in [-0.3, -0.25) is 14.6 Å². The minimum absolute atomic E-state index is 0.158. The summed E-state index contributed by atoms with van der Waals surface area (Å²) >= 11 is 0. The van der Waals surface area contributed by atoms with Gasteiger partial charge in [-0.1, -0.05) is 6.07 Å². The zero-order valence-corrected chi connectivity index (χ0v) is 15.0. The third kappa shape index (κ3) is 4.17. The highest BCUT2D eigenvalue weighted by molar-refractivity contribution is 5.78. The first kappa shape index (κ1) is 17.7. The molecule has 2 aromatic heterocycles. The minimum atomic E-state index is -0.280. The zero-order valence-electron chi connectivity index (χ0n) is 15.0. The van der Waals surface area contributed by atoms with Crippen molar-refractivity contribution in [2.75, 3.05) is 13.2 Å². The second-order valence-corrected chi connectivity index (χ2v) is 6.25. The summed E-state index contributed by atoms with van der Waals surface area (Å²) in [4.78, 5) is 35.2. The van der Waals surface area contributed by atoms with Crippen LogP contribution in [0.2, 0.25) is 0 Å². The van der Waals surface area contributed by atoms with E-state index in [4.69, 9.17) is 9.47 Å². The normalized spacial score (nSPS) is 12.4. The van der Waals surface area contributed by atoms with Gasteiger partial charge in [-0.05, 0) is 29.8 Å². The lowest BCUT2D eigenvalue weighted by Gasteiger charge is -2.18. The van der Waals surface area contributed by atoms with Crippen LogP contribution in [-0.4, -0.2) is 34.1 Å². The van der Waals surface area contributed by atoms with Crippen molar-refractivity contribution in [3.63, 3.8) is 0 Å². The molecule has 0 saturated carbocycles. The van der Waals surface area contributed by atoms with Gasteiger partial charge < -0.3 is 19.8 Å². The summed E-state index contributed by atoms with van der Waals surface area (Å²) in [5, 5.41) is 2.79. The lowest BCUT2D eigenvalue weighted by molar-refractivity contribution is -0.120. The Hall–Kier alpha value is -3.68. The van der Waals surface area contributed by atoms with Crippen molar-refractivity contribution in [2.45, 2.75) is 13.0 Å². The van der Waals surface area contributed by atoms with E-state index in [1.807, 2.05) is 6.07 Å². The van der Waals surface area contributed by atoms with Crippen molar-refractivity contribution < 1.29 is 14.3 Å². The molecule has 8 heteroatoms. The molecule has 0 fully saturated rings. The van der Waals surface area contributed by atoms with Gasteiger partial charge in [0.1, 0.15) is 19.0 Å². The topological polar surface area (TPSA) is 106 Å². The number of nitrogens with zero attached hydrogens (tertiary/aromatic N) is 2. The lowest BCUT2D eigenvalue weighted by Crippen LogP contribution is -2.26. The van der Waals surface area contributed by atoms with Crippen LogP contribution in [0, 0.1) is 0 Å². The van der Waals surface area contributed by atoms with E-state index in [-0.39, 0.29) is 24.4 Å². The van der Waals surface area contributed by atoms with Gasteiger partial charge in [0.15, 0.2) is 11.5 Å². The van der Waals surface area contributed by atoms with Gasteiger partial charge in [-0.25, -0.2) is 4.98 Å². The predicted octanol–water partition coefficient (Wildman–Crippen LogP) is 1.46. The van der Waals surface area contributed by atoms with Crippen LogP contribution in [0.4, 0.5) is 0 Å². The van der Waals surface area contributed by atoms with Crippen molar-refractivity contribution in [2.24, 2.45) is 0 Å². The van der Waals surface area contributed by atoms with Crippen molar-refractivity contribution in [3.05, 3.63) is 70.4 Å². The van der Waals surface area contributed by atoms with Gasteiger partial charge in [-0.2, -0.15) is 0 Å². The van der Waals surface area contributed by atoms with E-state index in [1.165, 1.54) is 6.07 Å². The number of nitrogens with one attached hydrogen (secondary N) is 2. The molecule has 0 saturated heterocycles. The SMILES string of the molecule is O=C(Cc1ccc2c(c1)OCCO2)NCc1cc(=O)[nH]c(-c2ccncc2)n1. The largest absolute Gasteiger partial charge is 0.486 e. The molecule has 142 valence electrons. The van der Waals surface area contributed by atoms with Gasteiger partial charge in [0, 0.05) is 24.0 Å². The fourth-order valence-electron chi connectivity index (χ4n) is 2.88. The molecule has 1 aliphatic heterocycles. The zero-order chi connectivity index (χ0) is 19.3. The highest BCUT2D eigenvalue weighted by Crippen LogP contribution is 2.30. The number of aromatic nitrogens is 3. The Balaban J connectivity index is 1.41. The first-order chi connectivity index (χ1) is 13.7. The molecule has 1 aromatic carbocycles. The summed E-state index contributed by atoms with van der Waals surface area (Å²) in [7, 11) is 0. The second-order valence-electron chi connectivity index (χ2n) is 6.25. The summed E-state index contributed by atoms with van der Waals surface area (Å²) in [6.07, 6.45) is 3.44. The maximum atomic E-state index is 12.3. The lowest BCUT2D eigenvalue weighted by atomic mass is 10.1. The standard InChI is InChI=1S/C20H18N4O4/c25-18(10-13-1-2-16-17(9-13)28-8-7-27-16)22-12-15-11-19(26)24-20(23-15)14-3-5-21-6-4-14/h1-6,9,11H,7-8,10,12H2,(H,22,25)(H,23,24,26). The van der Waals surface area contributed by atoms with Gasteiger partial charge in [-0.15, -0.1) is 0 Å². The molecule has 0 unspecified atom stereocenters. The van der Waals surface area contributed by atoms with Crippen LogP contribution in [-0.2, 0) is 17.8 Å². The highest BCUT2D eigenvalue weighted by atomic mass is 16.6. The number of rotatable bonds is 5. The van der Waals surface area contributed by atoms with E-state index in [1.54, 1.807) is 36.7 Å². The average molecular weight is 378 g/mol. The van der Waals surface area contributed by atoms with E-state index < -0.39 is 0 Å². The molecular formula is C20H18N4O4. The fraction of sp³-hybridized carbons (Fsp3) is 0.200. The van der Waals surface area contributed by atoms with Crippen LogP contribution in [0.3, 0.4) is 0 Å². The van der Waals surface area contributed by atoms with Crippen molar-refractivity contribution >= 4 is 5.91 Å². The second kappa shape index (κ2) is 7.91. The fourth-order valence-corrected chi connectivity index (χ4v) is 2.88. The van der Waals surface area contributed by atoms with E-state index in [9.17, 15) is 9.59 Å². The van der Waals surface area contributed by atoms with Crippen LogP contribution >= 0.6 is 0 Å². The van der Waals surface area contributed by atoms with E-state index >= 15 is 0 Å².